The molecule has 0 amide bonds. The summed E-state index contributed by atoms with van der Waals surface area (Å²) in [5.41, 5.74) is 2.33. The molecule has 0 radical (unpaired) electrons. The normalized spacial score (nSPS) is 10.7. The van der Waals surface area contributed by atoms with Gasteiger partial charge in [0.2, 0.25) is 0 Å². The quantitative estimate of drug-likeness (QED) is 0.673. The number of aromatic nitrogens is 3. The minimum Gasteiger partial charge on any atom is -0.461 e. The molecular formula is C18H17N3O3. The van der Waals surface area contributed by atoms with Gasteiger partial charge in [-0.25, -0.2) is 4.68 Å². The molecule has 6 nitrogen and oxygen atoms in total. The molecule has 0 fully saturated rings. The smallest absolute Gasteiger partial charge is 0.308 e. The Kier molecular flexibility index (Phi) is 4.65. The van der Waals surface area contributed by atoms with E-state index < -0.39 is 0 Å². The third-order valence-electron chi connectivity index (χ3n) is 3.64. The number of carbonyl (C=O) groups excluding carboxylic acids is 1. The maximum atomic E-state index is 12.3. The van der Waals surface area contributed by atoms with Crippen molar-refractivity contribution in [3.8, 4) is 0 Å². The Hall–Kier alpha value is -3.02. The number of hydrogen-bond donors (Lipinski definition) is 0. The van der Waals surface area contributed by atoms with Crippen LogP contribution >= 0.6 is 0 Å². The molecule has 3 rings (SSSR count). The number of aryl methyl sites for hydroxylation is 2. The van der Waals surface area contributed by atoms with Gasteiger partial charge in [-0.05, 0) is 24.6 Å². The van der Waals surface area contributed by atoms with E-state index in [9.17, 15) is 9.59 Å². The lowest BCUT2D eigenvalue weighted by Crippen LogP contribution is -2.25. The molecule has 0 atom stereocenters. The van der Waals surface area contributed by atoms with Crippen LogP contribution in [-0.4, -0.2) is 21.0 Å². The van der Waals surface area contributed by atoms with Gasteiger partial charge in [-0.15, -0.1) is 5.10 Å². The topological polar surface area (TPSA) is 74.1 Å². The van der Waals surface area contributed by atoms with Crippen LogP contribution in [0.4, 0.5) is 0 Å². The molecule has 0 unspecified atom stereocenters. The van der Waals surface area contributed by atoms with Crippen molar-refractivity contribution >= 4 is 16.9 Å². The highest BCUT2D eigenvalue weighted by Gasteiger charge is 2.08. The first kappa shape index (κ1) is 15.9. The largest absolute Gasteiger partial charge is 0.461 e. The van der Waals surface area contributed by atoms with Crippen molar-refractivity contribution in [3.05, 3.63) is 70.0 Å². The van der Waals surface area contributed by atoms with E-state index in [1.165, 1.54) is 4.68 Å². The Balaban J connectivity index is 1.60. The Labute approximate surface area is 138 Å². The summed E-state index contributed by atoms with van der Waals surface area (Å²) in [6.07, 6.45) is 0.0682. The molecule has 0 bridgehead atoms. The van der Waals surface area contributed by atoms with Crippen molar-refractivity contribution in [2.24, 2.45) is 0 Å². The van der Waals surface area contributed by atoms with Gasteiger partial charge in [-0.3, -0.25) is 9.59 Å². The molecule has 2 aromatic carbocycles. The van der Waals surface area contributed by atoms with Gasteiger partial charge in [0.15, 0.2) is 0 Å². The zero-order chi connectivity index (χ0) is 16.9. The zero-order valence-electron chi connectivity index (χ0n) is 13.3. The highest BCUT2D eigenvalue weighted by Crippen LogP contribution is 2.06. The maximum absolute atomic E-state index is 12.3. The molecule has 24 heavy (non-hydrogen) atoms. The Bertz CT molecular complexity index is 934. The fraction of sp³-hybridized carbons (Fsp3) is 0.222. The average Bonchev–Trinajstić information content (AvgIpc) is 2.60. The first-order valence-electron chi connectivity index (χ1n) is 7.67. The summed E-state index contributed by atoms with van der Waals surface area (Å²) in [7, 11) is 0. The van der Waals surface area contributed by atoms with E-state index in [-0.39, 0.29) is 31.1 Å². The predicted octanol–water partition coefficient (Wildman–Crippen LogP) is 2.23. The van der Waals surface area contributed by atoms with Crippen LogP contribution in [0.5, 0.6) is 0 Å². The minimum atomic E-state index is -0.377. The SMILES string of the molecule is Cc1cccc(COC(=O)CCn2nnc3ccccc3c2=O)c1. The summed E-state index contributed by atoms with van der Waals surface area (Å²) < 4.78 is 6.42. The third-order valence-corrected chi connectivity index (χ3v) is 3.64. The molecule has 0 saturated carbocycles. The van der Waals surface area contributed by atoms with E-state index in [1.54, 1.807) is 24.3 Å². The van der Waals surface area contributed by atoms with Crippen LogP contribution in [0.3, 0.4) is 0 Å². The van der Waals surface area contributed by atoms with Crippen molar-refractivity contribution in [1.29, 1.82) is 0 Å². The lowest BCUT2D eigenvalue weighted by Gasteiger charge is -2.07. The summed E-state index contributed by atoms with van der Waals surface area (Å²) in [5, 5.41) is 8.33. The van der Waals surface area contributed by atoms with Crippen LogP contribution in [0.25, 0.3) is 10.9 Å². The van der Waals surface area contributed by atoms with Crippen molar-refractivity contribution in [2.45, 2.75) is 26.5 Å². The van der Waals surface area contributed by atoms with E-state index in [1.807, 2.05) is 31.2 Å². The van der Waals surface area contributed by atoms with Crippen LogP contribution < -0.4 is 5.56 Å². The van der Waals surface area contributed by atoms with E-state index in [2.05, 4.69) is 10.3 Å². The van der Waals surface area contributed by atoms with Crippen LogP contribution in [0.15, 0.2) is 53.3 Å². The van der Waals surface area contributed by atoms with E-state index in [4.69, 9.17) is 4.74 Å². The van der Waals surface area contributed by atoms with Crippen molar-refractivity contribution < 1.29 is 9.53 Å². The summed E-state index contributed by atoms with van der Waals surface area (Å²) in [6.45, 7) is 2.35. The molecule has 122 valence electrons. The van der Waals surface area contributed by atoms with Crippen molar-refractivity contribution in [1.82, 2.24) is 15.0 Å². The molecule has 1 heterocycles. The number of rotatable bonds is 5. The molecular weight excluding hydrogens is 306 g/mol. The van der Waals surface area contributed by atoms with Crippen molar-refractivity contribution in [3.63, 3.8) is 0 Å². The van der Waals surface area contributed by atoms with Gasteiger partial charge >= 0.3 is 5.97 Å². The number of hydrogen-bond acceptors (Lipinski definition) is 5. The fourth-order valence-corrected chi connectivity index (χ4v) is 2.40. The monoisotopic (exact) mass is 323 g/mol. The van der Waals surface area contributed by atoms with Gasteiger partial charge in [0.05, 0.1) is 18.4 Å². The predicted molar refractivity (Wildman–Crippen MR) is 89.4 cm³/mol. The second kappa shape index (κ2) is 7.04. The molecule has 1 aromatic heterocycles. The molecule has 0 spiro atoms. The number of benzene rings is 2. The molecule has 6 heteroatoms. The maximum Gasteiger partial charge on any atom is 0.308 e. The van der Waals surface area contributed by atoms with Crippen LogP contribution in [0.1, 0.15) is 17.5 Å². The molecule has 0 N–H and O–H groups in total. The van der Waals surface area contributed by atoms with Gasteiger partial charge in [0.25, 0.3) is 5.56 Å². The molecule has 0 aliphatic carbocycles. The molecule has 0 aliphatic heterocycles. The summed E-state index contributed by atoms with van der Waals surface area (Å²) in [4.78, 5) is 24.1. The van der Waals surface area contributed by atoms with E-state index >= 15 is 0 Å². The summed E-state index contributed by atoms with van der Waals surface area (Å²) in [5.74, 6) is -0.377. The summed E-state index contributed by atoms with van der Waals surface area (Å²) >= 11 is 0. The van der Waals surface area contributed by atoms with Crippen LogP contribution in [0.2, 0.25) is 0 Å². The first-order chi connectivity index (χ1) is 11.6. The lowest BCUT2D eigenvalue weighted by molar-refractivity contribution is -0.145. The second-order valence-corrected chi connectivity index (χ2v) is 5.53. The molecule has 0 aliphatic rings. The third kappa shape index (κ3) is 3.65. The van der Waals surface area contributed by atoms with Crippen LogP contribution in [0, 0.1) is 6.92 Å². The Morgan fingerprint density at radius 2 is 2.00 bits per heavy atom. The lowest BCUT2D eigenvalue weighted by atomic mass is 10.1. The number of fused-ring (bicyclic) bond motifs is 1. The fourth-order valence-electron chi connectivity index (χ4n) is 2.40. The second-order valence-electron chi connectivity index (χ2n) is 5.53. The molecule has 0 saturated heterocycles. The first-order valence-corrected chi connectivity index (χ1v) is 7.67. The Morgan fingerprint density at radius 1 is 1.17 bits per heavy atom. The van der Waals surface area contributed by atoms with E-state index in [0.29, 0.717) is 10.9 Å². The van der Waals surface area contributed by atoms with Gasteiger partial charge in [-0.2, -0.15) is 0 Å². The van der Waals surface area contributed by atoms with Crippen molar-refractivity contribution in [2.75, 3.05) is 0 Å². The highest BCUT2D eigenvalue weighted by molar-refractivity contribution is 5.76. The highest BCUT2D eigenvalue weighted by atomic mass is 16.5. The number of carbonyl (C=O) groups is 1. The van der Waals surface area contributed by atoms with Crippen LogP contribution in [-0.2, 0) is 22.7 Å². The standard InChI is InChI=1S/C18H17N3O3/c1-13-5-4-6-14(11-13)12-24-17(22)9-10-21-18(23)15-7-2-3-8-16(15)19-20-21/h2-8,11H,9-10,12H2,1H3. The number of esters is 1. The van der Waals surface area contributed by atoms with E-state index in [0.717, 1.165) is 11.1 Å². The van der Waals surface area contributed by atoms with Gasteiger partial charge in [0.1, 0.15) is 12.1 Å². The zero-order valence-corrected chi connectivity index (χ0v) is 13.3. The minimum absolute atomic E-state index is 0.0682. The Morgan fingerprint density at radius 3 is 2.83 bits per heavy atom. The number of ether oxygens (including phenoxy) is 1. The van der Waals surface area contributed by atoms with Gasteiger partial charge in [0, 0.05) is 0 Å². The average molecular weight is 323 g/mol. The van der Waals surface area contributed by atoms with Gasteiger partial charge in [-0.1, -0.05) is 47.2 Å². The molecule has 3 aromatic rings. The summed E-state index contributed by atoms with van der Waals surface area (Å²) in [6, 6.07) is 14.8. The number of nitrogens with zero attached hydrogens (tertiary/aromatic N) is 3. The van der Waals surface area contributed by atoms with Gasteiger partial charge < -0.3 is 4.74 Å².